The van der Waals surface area contributed by atoms with Gasteiger partial charge >= 0.3 is 0 Å². The fourth-order valence-corrected chi connectivity index (χ4v) is 2.31. The minimum atomic E-state index is 0.758. The van der Waals surface area contributed by atoms with E-state index < -0.39 is 0 Å². The van der Waals surface area contributed by atoms with E-state index in [1.165, 1.54) is 30.5 Å². The third-order valence-electron chi connectivity index (χ3n) is 3.76. The summed E-state index contributed by atoms with van der Waals surface area (Å²) < 4.78 is 7.22. The lowest BCUT2D eigenvalue weighted by molar-refractivity contribution is 0.199. The first-order valence-electron chi connectivity index (χ1n) is 6.95. The maximum Gasteiger partial charge on any atom is 0.0641 e. The van der Waals surface area contributed by atoms with Crippen LogP contribution >= 0.6 is 0 Å². The highest BCUT2D eigenvalue weighted by atomic mass is 16.5. The van der Waals surface area contributed by atoms with Gasteiger partial charge in [0.1, 0.15) is 0 Å². The molecule has 1 fully saturated rings. The van der Waals surface area contributed by atoms with Gasteiger partial charge in [-0.25, -0.2) is 0 Å². The molecule has 1 aliphatic carbocycles. The Morgan fingerprint density at radius 1 is 1.39 bits per heavy atom. The Balaban J connectivity index is 1.87. The summed E-state index contributed by atoms with van der Waals surface area (Å²) in [5, 5.41) is 8.05. The topological polar surface area (TPSA) is 39.1 Å². The lowest BCUT2D eigenvalue weighted by Crippen LogP contribution is -2.19. The van der Waals surface area contributed by atoms with Crippen LogP contribution < -0.4 is 5.32 Å². The van der Waals surface area contributed by atoms with E-state index in [2.05, 4.69) is 28.9 Å². The van der Waals surface area contributed by atoms with Gasteiger partial charge in [0.25, 0.3) is 0 Å². The molecule has 0 unspecified atom stereocenters. The summed E-state index contributed by atoms with van der Waals surface area (Å²) in [7, 11) is 1.73. The molecule has 1 aliphatic rings. The molecule has 1 saturated carbocycles. The largest absolute Gasteiger partial charge is 0.383 e. The lowest BCUT2D eigenvalue weighted by atomic mass is 10.2. The average molecular weight is 251 g/mol. The summed E-state index contributed by atoms with van der Waals surface area (Å²) in [4.78, 5) is 0. The first-order valence-corrected chi connectivity index (χ1v) is 6.95. The Kier molecular flexibility index (Phi) is 4.78. The zero-order chi connectivity index (χ0) is 13.0. The molecule has 1 N–H and O–H groups in total. The van der Waals surface area contributed by atoms with Crippen LogP contribution in [-0.4, -0.2) is 30.0 Å². The molecule has 0 aromatic carbocycles. The molecule has 2 rings (SSSR count). The van der Waals surface area contributed by atoms with Crippen LogP contribution in [0, 0.1) is 19.8 Å². The Morgan fingerprint density at radius 2 is 2.17 bits per heavy atom. The molecule has 4 heteroatoms. The fraction of sp³-hybridized carbons (Fsp3) is 0.786. The SMILES string of the molecule is COCCNCc1c(C)nn(CCC2CC2)c1C. The van der Waals surface area contributed by atoms with Crippen LogP contribution in [0.2, 0.25) is 0 Å². The zero-order valence-electron chi connectivity index (χ0n) is 11.8. The Bertz CT molecular complexity index is 383. The van der Waals surface area contributed by atoms with E-state index in [4.69, 9.17) is 4.74 Å². The van der Waals surface area contributed by atoms with Crippen LogP contribution in [0.25, 0.3) is 0 Å². The summed E-state index contributed by atoms with van der Waals surface area (Å²) in [6.45, 7) is 7.91. The predicted octanol–water partition coefficient (Wildman–Crippen LogP) is 2.04. The van der Waals surface area contributed by atoms with Gasteiger partial charge in [-0.2, -0.15) is 5.10 Å². The van der Waals surface area contributed by atoms with Crippen molar-refractivity contribution < 1.29 is 4.74 Å². The molecule has 0 amide bonds. The molecule has 0 atom stereocenters. The number of aryl methyl sites for hydroxylation is 2. The Hall–Kier alpha value is -0.870. The van der Waals surface area contributed by atoms with Gasteiger partial charge in [0.05, 0.1) is 12.3 Å². The smallest absolute Gasteiger partial charge is 0.0641 e. The summed E-state index contributed by atoms with van der Waals surface area (Å²) in [6.07, 6.45) is 4.13. The number of methoxy groups -OCH3 is 1. The summed E-state index contributed by atoms with van der Waals surface area (Å²) in [5.74, 6) is 0.970. The number of hydrogen-bond acceptors (Lipinski definition) is 3. The van der Waals surface area contributed by atoms with E-state index in [-0.39, 0.29) is 0 Å². The monoisotopic (exact) mass is 251 g/mol. The van der Waals surface area contributed by atoms with E-state index in [1.54, 1.807) is 7.11 Å². The molecule has 0 bridgehead atoms. The summed E-state index contributed by atoms with van der Waals surface area (Å²) in [5.41, 5.74) is 3.83. The second-order valence-electron chi connectivity index (χ2n) is 5.27. The van der Waals surface area contributed by atoms with Crippen LogP contribution in [0.15, 0.2) is 0 Å². The normalized spacial score (nSPS) is 15.3. The second-order valence-corrected chi connectivity index (χ2v) is 5.27. The van der Waals surface area contributed by atoms with Gasteiger partial charge in [0, 0.05) is 38.0 Å². The van der Waals surface area contributed by atoms with Gasteiger partial charge < -0.3 is 10.1 Å². The van der Waals surface area contributed by atoms with Crippen LogP contribution in [0.1, 0.15) is 36.2 Å². The number of nitrogens with one attached hydrogen (secondary N) is 1. The second kappa shape index (κ2) is 6.34. The standard InChI is InChI=1S/C14H25N3O/c1-11-14(10-15-7-9-18-3)12(2)17(16-11)8-6-13-4-5-13/h13,15H,4-10H2,1-3H3. The molecule has 1 heterocycles. The van der Waals surface area contributed by atoms with Crippen molar-refractivity contribution in [2.75, 3.05) is 20.3 Å². The minimum absolute atomic E-state index is 0.758. The van der Waals surface area contributed by atoms with Crippen molar-refractivity contribution in [1.29, 1.82) is 0 Å². The predicted molar refractivity (Wildman–Crippen MR) is 72.6 cm³/mol. The first kappa shape index (κ1) is 13.6. The highest BCUT2D eigenvalue weighted by molar-refractivity contribution is 5.24. The number of ether oxygens (including phenoxy) is 1. The molecule has 1 aromatic rings. The van der Waals surface area contributed by atoms with Crippen LogP contribution in [-0.2, 0) is 17.8 Å². The minimum Gasteiger partial charge on any atom is -0.383 e. The van der Waals surface area contributed by atoms with Gasteiger partial charge in [-0.3, -0.25) is 4.68 Å². The van der Waals surface area contributed by atoms with Gasteiger partial charge in [0.2, 0.25) is 0 Å². The molecule has 18 heavy (non-hydrogen) atoms. The molecule has 4 nitrogen and oxygen atoms in total. The number of aromatic nitrogens is 2. The maximum absolute atomic E-state index is 5.03. The lowest BCUT2D eigenvalue weighted by Gasteiger charge is -2.06. The van der Waals surface area contributed by atoms with Crippen molar-refractivity contribution in [3.63, 3.8) is 0 Å². The molecule has 0 radical (unpaired) electrons. The van der Waals surface area contributed by atoms with Crippen LogP contribution in [0.5, 0.6) is 0 Å². The van der Waals surface area contributed by atoms with E-state index in [0.717, 1.165) is 37.9 Å². The number of rotatable bonds is 8. The maximum atomic E-state index is 5.03. The van der Waals surface area contributed by atoms with Crippen molar-refractivity contribution in [3.05, 3.63) is 17.0 Å². The molecule has 0 saturated heterocycles. The van der Waals surface area contributed by atoms with Crippen molar-refractivity contribution in [2.24, 2.45) is 5.92 Å². The number of nitrogens with zero attached hydrogens (tertiary/aromatic N) is 2. The van der Waals surface area contributed by atoms with Gasteiger partial charge in [-0.1, -0.05) is 12.8 Å². The van der Waals surface area contributed by atoms with Gasteiger partial charge in [-0.05, 0) is 26.2 Å². The number of hydrogen-bond donors (Lipinski definition) is 1. The van der Waals surface area contributed by atoms with E-state index >= 15 is 0 Å². The molecule has 0 spiro atoms. The molecule has 0 aliphatic heterocycles. The van der Waals surface area contributed by atoms with Gasteiger partial charge in [-0.15, -0.1) is 0 Å². The Labute approximate surface area is 110 Å². The fourth-order valence-electron chi connectivity index (χ4n) is 2.31. The molecular formula is C14H25N3O. The highest BCUT2D eigenvalue weighted by Crippen LogP contribution is 2.32. The third-order valence-corrected chi connectivity index (χ3v) is 3.76. The quantitative estimate of drug-likeness (QED) is 0.719. The van der Waals surface area contributed by atoms with E-state index in [1.807, 2.05) is 0 Å². The van der Waals surface area contributed by atoms with E-state index in [0.29, 0.717) is 0 Å². The average Bonchev–Trinajstić information content (AvgIpc) is 3.13. The van der Waals surface area contributed by atoms with Crippen molar-refractivity contribution in [2.45, 2.75) is 46.2 Å². The van der Waals surface area contributed by atoms with Crippen molar-refractivity contribution in [3.8, 4) is 0 Å². The van der Waals surface area contributed by atoms with Crippen molar-refractivity contribution in [1.82, 2.24) is 15.1 Å². The third kappa shape index (κ3) is 3.56. The van der Waals surface area contributed by atoms with Crippen LogP contribution in [0.3, 0.4) is 0 Å². The first-order chi connectivity index (χ1) is 8.72. The van der Waals surface area contributed by atoms with Crippen molar-refractivity contribution >= 4 is 0 Å². The summed E-state index contributed by atoms with van der Waals surface area (Å²) >= 11 is 0. The summed E-state index contributed by atoms with van der Waals surface area (Å²) in [6, 6.07) is 0. The molecule has 1 aromatic heterocycles. The van der Waals surface area contributed by atoms with Crippen LogP contribution in [0.4, 0.5) is 0 Å². The van der Waals surface area contributed by atoms with E-state index in [9.17, 15) is 0 Å². The zero-order valence-corrected chi connectivity index (χ0v) is 11.8. The Morgan fingerprint density at radius 3 is 2.83 bits per heavy atom. The molecular weight excluding hydrogens is 226 g/mol. The molecule has 102 valence electrons. The van der Waals surface area contributed by atoms with Gasteiger partial charge in [0.15, 0.2) is 0 Å². The highest BCUT2D eigenvalue weighted by Gasteiger charge is 2.21.